The van der Waals surface area contributed by atoms with E-state index in [2.05, 4.69) is 4.99 Å². The van der Waals surface area contributed by atoms with Crippen LogP contribution in [0.1, 0.15) is 11.1 Å². The maximum Gasteiger partial charge on any atom is 1.00 e. The smallest absolute Gasteiger partial charge is 0.858 e. The van der Waals surface area contributed by atoms with Gasteiger partial charge in [0.15, 0.2) is 6.04 Å². The van der Waals surface area contributed by atoms with Crippen LogP contribution in [0, 0.1) is 0 Å². The maximum atomic E-state index is 11.9. The van der Waals surface area contributed by atoms with Gasteiger partial charge in [-0.2, -0.15) is 0 Å². The van der Waals surface area contributed by atoms with Crippen molar-refractivity contribution < 1.29 is 66.4 Å². The molecule has 0 aliphatic heterocycles. The molecule has 0 radical (unpaired) electrons. The van der Waals surface area contributed by atoms with Crippen molar-refractivity contribution in [2.75, 3.05) is 0 Å². The molecule has 1 N–H and O–H groups in total. The molecule has 4 nitrogen and oxygen atoms in total. The second kappa shape index (κ2) is 9.12. The monoisotopic (exact) mass is 307 g/mol. The number of hydrogen-bond acceptors (Lipinski definition) is 3. The molecule has 102 valence electrons. The molecule has 2 aromatic carbocycles. The number of aliphatic imine (C=N–C) groups is 1. The van der Waals surface area contributed by atoms with Gasteiger partial charge in [-0.15, -0.1) is 0 Å². The van der Waals surface area contributed by atoms with Crippen LogP contribution in [0.25, 0.3) is 0 Å². The molecule has 0 spiro atoms. The van der Waals surface area contributed by atoms with E-state index in [1.165, 1.54) is 0 Å². The summed E-state index contributed by atoms with van der Waals surface area (Å²) in [6.45, 7) is 0. The largest absolute Gasteiger partial charge is 1.00 e. The van der Waals surface area contributed by atoms with Crippen LogP contribution in [0.15, 0.2) is 65.7 Å². The molecule has 0 saturated carbocycles. The third-order valence-electron chi connectivity index (χ3n) is 2.85. The molecular weight excluding hydrogens is 293 g/mol. The van der Waals surface area contributed by atoms with Crippen molar-refractivity contribution in [1.29, 1.82) is 0 Å². The van der Waals surface area contributed by atoms with Gasteiger partial charge in [0.1, 0.15) is 0 Å². The number of carbonyl (C=O) groups is 1. The Labute approximate surface area is 166 Å². The molecule has 1 atom stereocenters. The van der Waals surface area contributed by atoms with Crippen molar-refractivity contribution in [2.45, 2.75) is 12.5 Å². The summed E-state index contributed by atoms with van der Waals surface area (Å²) < 4.78 is 0. The quantitative estimate of drug-likeness (QED) is 0.415. The van der Waals surface area contributed by atoms with E-state index in [-0.39, 0.29) is 57.8 Å². The summed E-state index contributed by atoms with van der Waals surface area (Å²) >= 11 is 0. The minimum absolute atomic E-state index is 0. The average molecular weight is 307 g/mol. The molecule has 2 aromatic rings. The number of hydrogen-bond donors (Lipinski definition) is 1. The standard InChI is InChI=1S/C16H15NO3.K/c18-15(13-9-5-2-6-10-13)17-14(16(19)20)11-12-7-3-1-4-8-12;/h1-10,14H,11H2,(H,17,18)(H,19,20);/q;+1/p-1/t14-;/m0./s1. The van der Waals surface area contributed by atoms with Gasteiger partial charge in [0.25, 0.3) is 0 Å². The number of benzene rings is 2. The number of carboxylic acids is 1. The van der Waals surface area contributed by atoms with E-state index in [9.17, 15) is 15.0 Å². The Morgan fingerprint density at radius 1 is 1.05 bits per heavy atom. The summed E-state index contributed by atoms with van der Waals surface area (Å²) in [6.07, 6.45) is 0.203. The van der Waals surface area contributed by atoms with Gasteiger partial charge in [-0.05, 0) is 17.0 Å². The predicted octanol–water partition coefficient (Wildman–Crippen LogP) is -1.51. The average Bonchev–Trinajstić information content (AvgIpc) is 2.48. The van der Waals surface area contributed by atoms with Crippen LogP contribution < -0.4 is 56.5 Å². The van der Waals surface area contributed by atoms with E-state index in [0.29, 0.717) is 5.56 Å². The van der Waals surface area contributed by atoms with E-state index in [0.717, 1.165) is 5.56 Å². The molecule has 0 aromatic heterocycles. The van der Waals surface area contributed by atoms with Gasteiger partial charge >= 0.3 is 57.4 Å². The van der Waals surface area contributed by atoms with Gasteiger partial charge in [-0.25, -0.2) is 4.79 Å². The van der Waals surface area contributed by atoms with E-state index in [1.54, 1.807) is 30.3 Å². The number of nitrogens with zero attached hydrogens (tertiary/aromatic N) is 1. The molecule has 21 heavy (non-hydrogen) atoms. The molecule has 2 rings (SSSR count). The zero-order chi connectivity index (χ0) is 14.4. The second-order valence-electron chi connectivity index (χ2n) is 4.34. The Morgan fingerprint density at radius 2 is 1.57 bits per heavy atom. The molecule has 0 saturated heterocycles. The van der Waals surface area contributed by atoms with Crippen molar-refractivity contribution in [3.05, 3.63) is 71.8 Å². The third kappa shape index (κ3) is 5.72. The SMILES string of the molecule is O=C(O)[C@H](Cc1ccccc1)N=C([O-])c1ccccc1.[K+]. The van der Waals surface area contributed by atoms with E-state index in [4.69, 9.17) is 0 Å². The van der Waals surface area contributed by atoms with Crippen LogP contribution in [0.4, 0.5) is 0 Å². The van der Waals surface area contributed by atoms with E-state index < -0.39 is 17.9 Å². The van der Waals surface area contributed by atoms with Gasteiger partial charge < -0.3 is 10.2 Å². The van der Waals surface area contributed by atoms with Crippen LogP contribution in [0.2, 0.25) is 0 Å². The molecule has 0 amide bonds. The summed E-state index contributed by atoms with van der Waals surface area (Å²) in [7, 11) is 0. The fraction of sp³-hybridized carbons (Fsp3) is 0.125. The maximum absolute atomic E-state index is 11.9. The zero-order valence-corrected chi connectivity index (χ0v) is 14.9. The summed E-state index contributed by atoms with van der Waals surface area (Å²) in [5.74, 6) is -1.60. The topological polar surface area (TPSA) is 72.7 Å². The zero-order valence-electron chi connectivity index (χ0n) is 11.8. The van der Waals surface area contributed by atoms with E-state index >= 15 is 0 Å². The van der Waals surface area contributed by atoms with Gasteiger partial charge in [0.2, 0.25) is 0 Å². The van der Waals surface area contributed by atoms with E-state index in [1.807, 2.05) is 30.3 Å². The van der Waals surface area contributed by atoms with Crippen LogP contribution in [-0.4, -0.2) is 23.0 Å². The Morgan fingerprint density at radius 3 is 2.10 bits per heavy atom. The minimum atomic E-state index is -1.10. The first kappa shape index (κ1) is 18.1. The molecule has 0 heterocycles. The second-order valence-corrected chi connectivity index (χ2v) is 4.34. The van der Waals surface area contributed by atoms with Crippen LogP contribution in [0.5, 0.6) is 0 Å². The van der Waals surface area contributed by atoms with Crippen LogP contribution in [0.3, 0.4) is 0 Å². The first-order valence-corrected chi connectivity index (χ1v) is 6.24. The van der Waals surface area contributed by atoms with Crippen LogP contribution >= 0.6 is 0 Å². The fourth-order valence-corrected chi connectivity index (χ4v) is 1.82. The van der Waals surface area contributed by atoms with Gasteiger partial charge in [-0.3, -0.25) is 4.99 Å². The molecule has 0 unspecified atom stereocenters. The van der Waals surface area contributed by atoms with Crippen LogP contribution in [-0.2, 0) is 11.2 Å². The number of rotatable bonds is 5. The Balaban J connectivity index is 0.00000220. The number of aliphatic carboxylic acids is 1. The van der Waals surface area contributed by atoms with Gasteiger partial charge in [0.05, 0.1) is 0 Å². The molecular formula is C16H14KNO3. The molecule has 0 bridgehead atoms. The van der Waals surface area contributed by atoms with Crippen molar-refractivity contribution in [3.8, 4) is 0 Å². The molecule has 0 fully saturated rings. The summed E-state index contributed by atoms with van der Waals surface area (Å²) in [4.78, 5) is 15.0. The summed E-state index contributed by atoms with van der Waals surface area (Å²) in [5, 5.41) is 21.1. The van der Waals surface area contributed by atoms with Gasteiger partial charge in [0, 0.05) is 6.42 Å². The number of carboxylic acid groups (broad SMARTS) is 1. The summed E-state index contributed by atoms with van der Waals surface area (Å²) in [6, 6.07) is 16.5. The first-order valence-electron chi connectivity index (χ1n) is 6.24. The Bertz CT molecular complexity index is 599. The van der Waals surface area contributed by atoms with Crippen molar-refractivity contribution >= 4 is 11.9 Å². The Hall–Kier alpha value is -0.984. The van der Waals surface area contributed by atoms with Crippen molar-refractivity contribution in [2.24, 2.45) is 4.99 Å². The molecule has 5 heteroatoms. The van der Waals surface area contributed by atoms with Crippen molar-refractivity contribution in [3.63, 3.8) is 0 Å². The molecule has 0 aliphatic rings. The predicted molar refractivity (Wildman–Crippen MR) is 74.5 cm³/mol. The summed E-state index contributed by atoms with van der Waals surface area (Å²) in [5.41, 5.74) is 1.23. The Kier molecular flexibility index (Phi) is 7.85. The minimum Gasteiger partial charge on any atom is -0.858 e. The molecule has 0 aliphatic carbocycles. The fourth-order valence-electron chi connectivity index (χ4n) is 1.82. The third-order valence-corrected chi connectivity index (χ3v) is 2.85. The normalized spacial score (nSPS) is 12.3. The van der Waals surface area contributed by atoms with Crippen molar-refractivity contribution in [1.82, 2.24) is 0 Å². The van der Waals surface area contributed by atoms with Gasteiger partial charge in [-0.1, -0.05) is 60.7 Å². The first-order chi connectivity index (χ1) is 9.66.